The molecular weight excluding hydrogens is 722 g/mol. The molecule has 0 unspecified atom stereocenters. The molecule has 2 fully saturated rings. The van der Waals surface area contributed by atoms with Crippen LogP contribution in [0.2, 0.25) is 4.34 Å². The number of hydrogen-bond acceptors (Lipinski definition) is 11. The highest BCUT2D eigenvalue weighted by Crippen LogP contribution is 2.25. The minimum Gasteiger partial charge on any atom is -0.382 e. The van der Waals surface area contributed by atoms with Gasteiger partial charge in [0.05, 0.1) is 42.2 Å². The van der Waals surface area contributed by atoms with Crippen molar-refractivity contribution in [2.24, 2.45) is 0 Å². The molecule has 0 atom stereocenters. The maximum atomic E-state index is 12.1. The third kappa shape index (κ3) is 10.4. The number of ether oxygens (including phenoxy) is 2. The predicted molar refractivity (Wildman–Crippen MR) is 210 cm³/mol. The molecule has 2 aliphatic heterocycles. The van der Waals surface area contributed by atoms with Crippen molar-refractivity contribution in [1.82, 2.24) is 30.4 Å². The van der Waals surface area contributed by atoms with Crippen LogP contribution in [0.15, 0.2) is 70.3 Å². The summed E-state index contributed by atoms with van der Waals surface area (Å²) in [4.78, 5) is 37.9. The van der Waals surface area contributed by atoms with Gasteiger partial charge in [-0.25, -0.2) is 0 Å². The number of nitrogens with one attached hydrogen (secondary N) is 4. The van der Waals surface area contributed by atoms with Gasteiger partial charge in [0.2, 0.25) is 11.1 Å². The number of nitrogen functional groups attached to an aromatic ring is 1. The van der Waals surface area contributed by atoms with E-state index in [9.17, 15) is 9.59 Å². The summed E-state index contributed by atoms with van der Waals surface area (Å²) in [5.74, 6) is 2.01. The third-order valence-electron chi connectivity index (χ3n) is 8.34. The van der Waals surface area contributed by atoms with E-state index >= 15 is 0 Å². The molecule has 274 valence electrons. The number of aromatic nitrogens is 6. The van der Waals surface area contributed by atoms with Crippen LogP contribution in [0, 0.1) is 13.8 Å². The second-order valence-corrected chi connectivity index (χ2v) is 15.6. The third-order valence-corrected chi connectivity index (χ3v) is 10.6. The number of anilines is 3. The van der Waals surface area contributed by atoms with Crippen LogP contribution in [-0.4, -0.2) is 83.0 Å². The Morgan fingerprint density at radius 1 is 0.731 bits per heavy atom. The summed E-state index contributed by atoms with van der Waals surface area (Å²) < 4.78 is 11.5. The Labute approximate surface area is 313 Å². The van der Waals surface area contributed by atoms with Gasteiger partial charge in [-0.3, -0.25) is 19.8 Å². The molecule has 2 aliphatic rings. The number of H-pyrrole nitrogens is 4. The molecule has 0 saturated carbocycles. The second kappa shape index (κ2) is 17.7. The van der Waals surface area contributed by atoms with Crippen molar-refractivity contribution in [1.29, 1.82) is 0 Å². The van der Waals surface area contributed by atoms with E-state index in [1.807, 2.05) is 35.6 Å². The molecule has 2 saturated heterocycles. The first kappa shape index (κ1) is 37.1. The topological polar surface area (TPSA) is 174 Å². The van der Waals surface area contributed by atoms with Crippen LogP contribution in [0.1, 0.15) is 20.3 Å². The van der Waals surface area contributed by atoms with Crippen LogP contribution in [0.3, 0.4) is 0 Å². The van der Waals surface area contributed by atoms with Crippen molar-refractivity contribution in [3.8, 4) is 22.5 Å². The summed E-state index contributed by atoms with van der Waals surface area (Å²) in [5, 5.41) is 14.1. The lowest BCUT2D eigenvalue weighted by Crippen LogP contribution is -2.37. The number of hydrogen-bond donors (Lipinski definition) is 5. The molecule has 8 heterocycles. The Bertz CT molecular complexity index is 2140. The van der Waals surface area contributed by atoms with Crippen LogP contribution >= 0.6 is 34.3 Å². The molecule has 6 aromatic heterocycles. The van der Waals surface area contributed by atoms with Gasteiger partial charge in [-0.2, -0.15) is 10.2 Å². The summed E-state index contributed by atoms with van der Waals surface area (Å²) >= 11 is 9.42. The van der Waals surface area contributed by atoms with E-state index in [4.69, 9.17) is 26.8 Å². The van der Waals surface area contributed by atoms with Gasteiger partial charge in [-0.05, 0) is 69.2 Å². The summed E-state index contributed by atoms with van der Waals surface area (Å²) in [7, 11) is 0. The lowest BCUT2D eigenvalue weighted by Gasteiger charge is -2.28. The van der Waals surface area contributed by atoms with Crippen LogP contribution in [-0.2, 0) is 22.3 Å². The number of aromatic amines is 4. The fraction of sp³-hybridized carbons (Fsp3) is 0.333. The van der Waals surface area contributed by atoms with Gasteiger partial charge < -0.3 is 35.0 Å². The zero-order chi connectivity index (χ0) is 36.5. The number of aryl methyl sites for hydroxylation is 4. The summed E-state index contributed by atoms with van der Waals surface area (Å²) in [6.45, 7) is 10.0. The number of rotatable bonds is 7. The highest BCUT2D eigenvalue weighted by molar-refractivity contribution is 7.16. The zero-order valence-corrected chi connectivity index (χ0v) is 31.4. The van der Waals surface area contributed by atoms with Crippen molar-refractivity contribution in [3.63, 3.8) is 0 Å². The van der Waals surface area contributed by atoms with Crippen molar-refractivity contribution >= 4 is 51.7 Å². The van der Waals surface area contributed by atoms with Crippen molar-refractivity contribution in [3.05, 3.63) is 106 Å². The molecular formula is C36H42ClN9O4S2. The van der Waals surface area contributed by atoms with Gasteiger partial charge in [0.15, 0.2) is 0 Å². The Hall–Kier alpha value is -4.67. The zero-order valence-electron chi connectivity index (χ0n) is 29.0. The van der Waals surface area contributed by atoms with E-state index in [0.29, 0.717) is 32.2 Å². The molecule has 0 aromatic carbocycles. The molecule has 52 heavy (non-hydrogen) atoms. The van der Waals surface area contributed by atoms with Crippen molar-refractivity contribution < 1.29 is 9.47 Å². The quantitative estimate of drug-likeness (QED) is 0.138. The van der Waals surface area contributed by atoms with Crippen molar-refractivity contribution in [2.45, 2.75) is 26.7 Å². The summed E-state index contributed by atoms with van der Waals surface area (Å²) in [6.07, 6.45) is 1.76. The standard InChI is InChI=1S/C18H19ClN4O2S.C12H15N5O2.C6H8S/c19-16-4-3-14(26-16)2-1-13-11-15(22-21-13)12-9-17(20-18(24)10-12)23-5-7-25-8-6-23;13-10-7-9(15-16-10)8-5-11(14-12(18)6-8)17-1-3-19-4-2-17;1-5-3-4-6(2)7-5/h3-4,9-11H,1-2,5-8H2,(H,20,24)(H,21,22);5-7H,1-4H2,(H,14,18)(H3,13,15,16);3-4H,1-2H3. The smallest absolute Gasteiger partial charge is 0.250 e. The molecule has 0 amide bonds. The van der Waals surface area contributed by atoms with Crippen LogP contribution in [0.25, 0.3) is 22.5 Å². The van der Waals surface area contributed by atoms with Gasteiger partial charge in [-0.1, -0.05) is 11.6 Å². The maximum absolute atomic E-state index is 12.1. The van der Waals surface area contributed by atoms with Gasteiger partial charge in [-0.15, -0.1) is 22.7 Å². The summed E-state index contributed by atoms with van der Waals surface area (Å²) in [6, 6.07) is 19.0. The lowest BCUT2D eigenvalue weighted by molar-refractivity contribution is 0.122. The van der Waals surface area contributed by atoms with Crippen LogP contribution in [0.4, 0.5) is 17.5 Å². The maximum Gasteiger partial charge on any atom is 0.250 e. The van der Waals surface area contributed by atoms with Crippen LogP contribution < -0.4 is 26.7 Å². The lowest BCUT2D eigenvalue weighted by atomic mass is 10.1. The van der Waals surface area contributed by atoms with E-state index < -0.39 is 0 Å². The minimum absolute atomic E-state index is 0.123. The molecule has 0 spiro atoms. The predicted octanol–water partition coefficient (Wildman–Crippen LogP) is 5.65. The Morgan fingerprint density at radius 3 is 1.85 bits per heavy atom. The highest BCUT2D eigenvalue weighted by Gasteiger charge is 2.16. The Morgan fingerprint density at radius 2 is 1.33 bits per heavy atom. The summed E-state index contributed by atoms with van der Waals surface area (Å²) in [5.41, 5.74) is 9.46. The Kier molecular flexibility index (Phi) is 12.6. The first-order valence-corrected chi connectivity index (χ1v) is 19.0. The van der Waals surface area contributed by atoms with E-state index in [2.05, 4.69) is 72.2 Å². The van der Waals surface area contributed by atoms with E-state index in [-0.39, 0.29) is 11.1 Å². The number of halogens is 1. The fourth-order valence-corrected chi connectivity index (χ4v) is 7.60. The van der Waals surface area contributed by atoms with Gasteiger partial charge >= 0.3 is 0 Å². The normalized spacial score (nSPS) is 14.4. The molecule has 6 N–H and O–H groups in total. The SMILES string of the molecule is Cc1ccc(C)s1.Nc1cc(-c2cc(N3CCOCC3)[nH]c(=O)c2)[nH]n1.O=c1cc(-c2cc(CCc3ccc(Cl)s3)[nH]n2)cc(N2CCOCC2)[nH]1. The van der Waals surface area contributed by atoms with Gasteiger partial charge in [0, 0.05) is 75.8 Å². The average Bonchev–Trinajstić information content (AvgIpc) is 3.97. The number of nitrogens with two attached hydrogens (primary N) is 1. The van der Waals surface area contributed by atoms with Gasteiger partial charge in [0.25, 0.3) is 0 Å². The molecule has 8 rings (SSSR count). The highest BCUT2D eigenvalue weighted by atomic mass is 35.5. The molecule has 16 heteroatoms. The number of pyridine rings is 2. The molecule has 0 bridgehead atoms. The number of thiophene rings is 2. The average molecular weight is 764 g/mol. The second-order valence-electron chi connectivity index (χ2n) is 12.3. The number of nitrogens with zero attached hydrogens (tertiary/aromatic N) is 4. The first-order valence-electron chi connectivity index (χ1n) is 17.0. The monoisotopic (exact) mass is 763 g/mol. The largest absolute Gasteiger partial charge is 0.382 e. The number of morpholine rings is 2. The molecule has 13 nitrogen and oxygen atoms in total. The molecule has 6 aromatic rings. The first-order chi connectivity index (χ1) is 25.2. The Balaban J connectivity index is 0.000000155. The van der Waals surface area contributed by atoms with E-state index in [0.717, 1.165) is 83.2 Å². The van der Waals surface area contributed by atoms with Crippen molar-refractivity contribution in [2.75, 3.05) is 68.1 Å². The van der Waals surface area contributed by atoms with E-state index in [1.54, 1.807) is 23.5 Å². The van der Waals surface area contributed by atoms with Gasteiger partial charge in [0.1, 0.15) is 17.5 Å². The molecule has 0 radical (unpaired) electrons. The minimum atomic E-state index is -0.146. The fourth-order valence-electron chi connectivity index (χ4n) is 5.73. The molecule has 0 aliphatic carbocycles. The van der Waals surface area contributed by atoms with Crippen LogP contribution in [0.5, 0.6) is 0 Å². The van der Waals surface area contributed by atoms with E-state index in [1.165, 1.54) is 20.7 Å².